The quantitative estimate of drug-likeness (QED) is 0.855. The highest BCUT2D eigenvalue weighted by Crippen LogP contribution is 2.39. The van der Waals surface area contributed by atoms with Crippen LogP contribution in [0.1, 0.15) is 49.4 Å². The summed E-state index contributed by atoms with van der Waals surface area (Å²) in [6.07, 6.45) is 7.50. The van der Waals surface area contributed by atoms with E-state index in [-0.39, 0.29) is 11.5 Å². The first kappa shape index (κ1) is 13.4. The Labute approximate surface area is 119 Å². The number of piperidine rings is 1. The summed E-state index contributed by atoms with van der Waals surface area (Å²) in [6.45, 7) is 3.14. The van der Waals surface area contributed by atoms with Crippen LogP contribution in [-0.2, 0) is 0 Å². The number of likely N-dealkylation sites (tertiary alicyclic amines) is 1. The van der Waals surface area contributed by atoms with Crippen LogP contribution >= 0.6 is 0 Å². The van der Waals surface area contributed by atoms with Gasteiger partial charge < -0.3 is 9.88 Å². The van der Waals surface area contributed by atoms with E-state index in [1.54, 1.807) is 12.3 Å². The fraction of sp³-hybridized carbons (Fsp3) is 0.625. The zero-order valence-electron chi connectivity index (χ0n) is 12.0. The maximum absolute atomic E-state index is 12.7. The first-order chi connectivity index (χ1) is 9.66. The number of H-pyrrole nitrogens is 1. The third-order valence-corrected chi connectivity index (χ3v) is 5.02. The summed E-state index contributed by atoms with van der Waals surface area (Å²) in [6, 6.07) is 3.50. The van der Waals surface area contributed by atoms with E-state index in [1.165, 1.54) is 25.3 Å². The van der Waals surface area contributed by atoms with E-state index < -0.39 is 0 Å². The molecule has 1 aliphatic carbocycles. The second kappa shape index (κ2) is 5.43. The van der Waals surface area contributed by atoms with Crippen molar-refractivity contribution in [1.29, 1.82) is 0 Å². The van der Waals surface area contributed by atoms with E-state index in [0.29, 0.717) is 23.4 Å². The molecule has 1 aromatic heterocycles. The van der Waals surface area contributed by atoms with E-state index in [4.69, 9.17) is 0 Å². The standard InChI is InChI=1S/C16H22N2O2/c1-11-7-9-18(14-5-3-2-4-13(11)14)16(20)12-6-8-17-15(19)10-12/h6,8,10-11,13-14H,2-5,7,9H2,1H3,(H,17,19). The van der Waals surface area contributed by atoms with Gasteiger partial charge in [-0.05, 0) is 37.2 Å². The summed E-state index contributed by atoms with van der Waals surface area (Å²) in [7, 11) is 0. The number of amides is 1. The van der Waals surface area contributed by atoms with Crippen LogP contribution < -0.4 is 5.56 Å². The highest BCUT2D eigenvalue weighted by molar-refractivity contribution is 5.94. The largest absolute Gasteiger partial charge is 0.335 e. The van der Waals surface area contributed by atoms with E-state index in [2.05, 4.69) is 11.9 Å². The van der Waals surface area contributed by atoms with Crippen molar-refractivity contribution in [2.24, 2.45) is 11.8 Å². The SMILES string of the molecule is CC1CCN(C(=O)c2cc[nH]c(=O)c2)C2CCCCC12. The molecule has 0 aromatic carbocycles. The number of pyridine rings is 1. The zero-order valence-corrected chi connectivity index (χ0v) is 12.0. The Kier molecular flexibility index (Phi) is 3.64. The first-order valence-corrected chi connectivity index (χ1v) is 7.66. The minimum atomic E-state index is -0.207. The van der Waals surface area contributed by atoms with Gasteiger partial charge in [-0.25, -0.2) is 0 Å². The highest BCUT2D eigenvalue weighted by Gasteiger charge is 2.39. The molecule has 2 fully saturated rings. The van der Waals surface area contributed by atoms with Gasteiger partial charge in [0.25, 0.3) is 5.91 Å². The van der Waals surface area contributed by atoms with Crippen LogP contribution in [0.2, 0.25) is 0 Å². The van der Waals surface area contributed by atoms with E-state index in [9.17, 15) is 9.59 Å². The average Bonchev–Trinajstić information content (AvgIpc) is 2.47. The number of nitrogens with one attached hydrogen (secondary N) is 1. The Morgan fingerprint density at radius 3 is 2.90 bits per heavy atom. The van der Waals surface area contributed by atoms with Crippen LogP contribution in [-0.4, -0.2) is 28.4 Å². The van der Waals surface area contributed by atoms with Gasteiger partial charge in [0.2, 0.25) is 5.56 Å². The Morgan fingerprint density at radius 2 is 2.10 bits per heavy atom. The topological polar surface area (TPSA) is 53.2 Å². The predicted octanol–water partition coefficient (Wildman–Crippen LogP) is 2.42. The minimum Gasteiger partial charge on any atom is -0.335 e. The lowest BCUT2D eigenvalue weighted by Gasteiger charge is -2.47. The molecule has 20 heavy (non-hydrogen) atoms. The second-order valence-corrected chi connectivity index (χ2v) is 6.22. The molecule has 1 saturated heterocycles. The fourth-order valence-electron chi connectivity index (χ4n) is 3.91. The molecule has 3 atom stereocenters. The van der Waals surface area contributed by atoms with Crippen molar-refractivity contribution in [2.45, 2.75) is 45.1 Å². The molecule has 1 saturated carbocycles. The van der Waals surface area contributed by atoms with Crippen molar-refractivity contribution in [3.8, 4) is 0 Å². The molecule has 1 amide bonds. The van der Waals surface area contributed by atoms with Gasteiger partial charge in [0, 0.05) is 30.4 Å². The van der Waals surface area contributed by atoms with Crippen LogP contribution in [0.3, 0.4) is 0 Å². The number of aromatic amines is 1. The van der Waals surface area contributed by atoms with Crippen molar-refractivity contribution in [3.05, 3.63) is 34.2 Å². The van der Waals surface area contributed by atoms with Crippen molar-refractivity contribution in [1.82, 2.24) is 9.88 Å². The van der Waals surface area contributed by atoms with Crippen molar-refractivity contribution < 1.29 is 4.79 Å². The fourth-order valence-corrected chi connectivity index (χ4v) is 3.91. The van der Waals surface area contributed by atoms with Crippen LogP contribution in [0.4, 0.5) is 0 Å². The van der Waals surface area contributed by atoms with Crippen LogP contribution in [0, 0.1) is 11.8 Å². The van der Waals surface area contributed by atoms with Crippen molar-refractivity contribution >= 4 is 5.91 Å². The van der Waals surface area contributed by atoms with Crippen LogP contribution in [0.5, 0.6) is 0 Å². The number of carbonyl (C=O) groups is 1. The lowest BCUT2D eigenvalue weighted by molar-refractivity contribution is 0.0217. The molecule has 1 aliphatic heterocycles. The van der Waals surface area contributed by atoms with Gasteiger partial charge in [-0.3, -0.25) is 9.59 Å². The van der Waals surface area contributed by atoms with Gasteiger partial charge in [0.05, 0.1) is 0 Å². The second-order valence-electron chi connectivity index (χ2n) is 6.22. The summed E-state index contributed by atoms with van der Waals surface area (Å²) in [5.74, 6) is 1.38. The molecule has 2 heterocycles. The van der Waals surface area contributed by atoms with Crippen LogP contribution in [0.25, 0.3) is 0 Å². The minimum absolute atomic E-state index is 0.0277. The number of aromatic nitrogens is 1. The van der Waals surface area contributed by atoms with Crippen molar-refractivity contribution in [3.63, 3.8) is 0 Å². The number of nitrogens with zero attached hydrogens (tertiary/aromatic N) is 1. The normalized spacial score (nSPS) is 29.9. The molecule has 0 bridgehead atoms. The van der Waals surface area contributed by atoms with E-state index in [1.807, 2.05) is 4.90 Å². The average molecular weight is 274 g/mol. The predicted molar refractivity (Wildman–Crippen MR) is 77.6 cm³/mol. The summed E-state index contributed by atoms with van der Waals surface area (Å²) in [5, 5.41) is 0. The Bertz CT molecular complexity index is 551. The third-order valence-electron chi connectivity index (χ3n) is 5.02. The highest BCUT2D eigenvalue weighted by atomic mass is 16.2. The lowest BCUT2D eigenvalue weighted by Crippen LogP contribution is -2.52. The number of hydrogen-bond acceptors (Lipinski definition) is 2. The molecule has 2 aliphatic rings. The molecule has 4 nitrogen and oxygen atoms in total. The van der Waals surface area contributed by atoms with Crippen LogP contribution in [0.15, 0.2) is 23.1 Å². The molecule has 3 unspecified atom stereocenters. The molecule has 0 radical (unpaired) electrons. The summed E-state index contributed by atoms with van der Waals surface area (Å²) < 4.78 is 0. The molecule has 108 valence electrons. The zero-order chi connectivity index (χ0) is 14.1. The summed E-state index contributed by atoms with van der Waals surface area (Å²) in [4.78, 5) is 28.7. The Balaban J connectivity index is 1.85. The van der Waals surface area contributed by atoms with Gasteiger partial charge in [-0.1, -0.05) is 19.8 Å². The summed E-state index contributed by atoms with van der Waals surface area (Å²) >= 11 is 0. The third kappa shape index (κ3) is 2.39. The van der Waals surface area contributed by atoms with E-state index >= 15 is 0 Å². The van der Waals surface area contributed by atoms with Gasteiger partial charge >= 0.3 is 0 Å². The smallest absolute Gasteiger partial charge is 0.254 e. The molecular formula is C16H22N2O2. The maximum Gasteiger partial charge on any atom is 0.254 e. The summed E-state index contributed by atoms with van der Waals surface area (Å²) in [5.41, 5.74) is 0.314. The lowest BCUT2D eigenvalue weighted by atomic mass is 9.72. The van der Waals surface area contributed by atoms with Gasteiger partial charge in [-0.15, -0.1) is 0 Å². The monoisotopic (exact) mass is 274 g/mol. The molecule has 1 N–H and O–H groups in total. The van der Waals surface area contributed by atoms with Crippen molar-refractivity contribution in [2.75, 3.05) is 6.54 Å². The molecule has 0 spiro atoms. The molecular weight excluding hydrogens is 252 g/mol. The van der Waals surface area contributed by atoms with Gasteiger partial charge in [0.1, 0.15) is 0 Å². The number of rotatable bonds is 1. The maximum atomic E-state index is 12.7. The molecule has 4 heteroatoms. The number of hydrogen-bond donors (Lipinski definition) is 1. The Hall–Kier alpha value is -1.58. The molecule has 1 aromatic rings. The molecule has 3 rings (SSSR count). The van der Waals surface area contributed by atoms with Gasteiger partial charge in [-0.2, -0.15) is 0 Å². The number of carbonyl (C=O) groups excluding carboxylic acids is 1. The Morgan fingerprint density at radius 1 is 1.30 bits per heavy atom. The van der Waals surface area contributed by atoms with E-state index in [0.717, 1.165) is 19.4 Å². The number of fused-ring (bicyclic) bond motifs is 1. The first-order valence-electron chi connectivity index (χ1n) is 7.66. The van der Waals surface area contributed by atoms with Gasteiger partial charge in [0.15, 0.2) is 0 Å².